The van der Waals surface area contributed by atoms with E-state index in [-0.39, 0.29) is 0 Å². The molecule has 156 valence electrons. The average Bonchev–Trinajstić information content (AvgIpc) is 3.40. The molecule has 2 aromatic carbocycles. The van der Waals surface area contributed by atoms with E-state index in [2.05, 4.69) is 101 Å². The van der Waals surface area contributed by atoms with E-state index in [0.717, 1.165) is 0 Å². The molecule has 1 saturated carbocycles. The van der Waals surface area contributed by atoms with Crippen LogP contribution >= 0.6 is 7.92 Å². The minimum Gasteiger partial charge on any atom is -0.351 e. The molecule has 5 aliphatic heterocycles. The van der Waals surface area contributed by atoms with Crippen molar-refractivity contribution in [3.8, 4) is 0 Å². The molecule has 6 aliphatic rings. The maximum Gasteiger partial charge on any atom is 0.133 e. The molecule has 2 aromatic rings. The summed E-state index contributed by atoms with van der Waals surface area (Å²) in [5.74, 6) is 0.444. The Hall–Kier alpha value is -2.23. The summed E-state index contributed by atoms with van der Waals surface area (Å²) < 4.78 is 0. The van der Waals surface area contributed by atoms with Gasteiger partial charge in [-0.3, -0.25) is 0 Å². The number of nitrogens with zero attached hydrogens (tertiary/aromatic N) is 4. The van der Waals surface area contributed by atoms with Gasteiger partial charge < -0.3 is 19.6 Å². The lowest BCUT2D eigenvalue weighted by Crippen LogP contribution is -2.67. The number of hydrogen-bond acceptors (Lipinski definition) is 4. The fourth-order valence-corrected chi connectivity index (χ4v) is 15.4. The molecule has 6 heteroatoms. The van der Waals surface area contributed by atoms with E-state index < -0.39 is 16.0 Å². The third kappa shape index (κ3) is 1.82. The van der Waals surface area contributed by atoms with Gasteiger partial charge >= 0.3 is 0 Å². The summed E-state index contributed by atoms with van der Waals surface area (Å²) in [7, 11) is -2.24. The van der Waals surface area contributed by atoms with Crippen molar-refractivity contribution >= 4 is 48.4 Å². The van der Waals surface area contributed by atoms with Gasteiger partial charge in [0.1, 0.15) is 20.1 Å². The van der Waals surface area contributed by atoms with Gasteiger partial charge in [-0.2, -0.15) is 0 Å². The summed E-state index contributed by atoms with van der Waals surface area (Å²) in [6.07, 6.45) is 12.5. The molecule has 4 nitrogen and oxygen atoms in total. The van der Waals surface area contributed by atoms with E-state index in [4.69, 9.17) is 0 Å². The summed E-state index contributed by atoms with van der Waals surface area (Å²) in [6, 6.07) is 15.6. The molecule has 31 heavy (non-hydrogen) atoms. The van der Waals surface area contributed by atoms with Crippen molar-refractivity contribution in [1.82, 2.24) is 9.80 Å². The van der Waals surface area contributed by atoms with E-state index in [0.29, 0.717) is 24.2 Å². The highest BCUT2D eigenvalue weighted by molar-refractivity contribution is 7.77. The molecule has 0 radical (unpaired) electrons. The lowest BCUT2D eigenvalue weighted by atomic mass is 9.84. The summed E-state index contributed by atoms with van der Waals surface area (Å²) in [5.41, 5.74) is 2.94. The summed E-state index contributed by atoms with van der Waals surface area (Å²) in [5, 5.41) is 6.71. The van der Waals surface area contributed by atoms with Crippen molar-refractivity contribution in [2.75, 3.05) is 9.80 Å². The molecule has 0 amide bonds. The Balaban J connectivity index is 1.49. The van der Waals surface area contributed by atoms with Gasteiger partial charge in [-0.05, 0) is 42.3 Å². The molecule has 0 spiro atoms. The first-order valence-electron chi connectivity index (χ1n) is 11.6. The van der Waals surface area contributed by atoms with Crippen LogP contribution in [0.4, 0.5) is 11.4 Å². The molecule has 0 aromatic heterocycles. The van der Waals surface area contributed by atoms with Crippen LogP contribution in [0.5, 0.6) is 0 Å². The second kappa shape index (κ2) is 5.39. The first-order valence-corrected chi connectivity index (χ1v) is 16.0. The predicted molar refractivity (Wildman–Crippen MR) is 133 cm³/mol. The monoisotopic (exact) mass is 442 g/mol. The molecule has 5 heterocycles. The fourth-order valence-electron chi connectivity index (χ4n) is 7.04. The van der Waals surface area contributed by atoms with Crippen LogP contribution in [-0.2, 0) is 0 Å². The largest absolute Gasteiger partial charge is 0.351 e. The first kappa shape index (κ1) is 17.3. The molecule has 3 unspecified atom stereocenters. The van der Waals surface area contributed by atoms with Crippen molar-refractivity contribution in [2.45, 2.75) is 57.0 Å². The van der Waals surface area contributed by atoms with Crippen LogP contribution in [-0.4, -0.2) is 42.0 Å². The summed E-state index contributed by atoms with van der Waals surface area (Å²) in [6.45, 7) is 7.53. The standard InChI is InChI=1S/C25H27N4PSi/c1-16-26-12-13-27(16)19-6-4-8-21-23(19)30-24-20(7-5-9-22(24)31(21,2)3)29-15-14-28(25(29)30)18-11-10-17(18)26/h4-9,12-18,25H,10-11H2,1-3H3/t16-,17?,18?,25+,30?/m1/s1. The van der Waals surface area contributed by atoms with Gasteiger partial charge in [-0.25, -0.2) is 0 Å². The van der Waals surface area contributed by atoms with Gasteiger partial charge in [0.25, 0.3) is 0 Å². The second-order valence-electron chi connectivity index (χ2n) is 10.3. The van der Waals surface area contributed by atoms with Crippen molar-refractivity contribution in [3.05, 3.63) is 61.2 Å². The fraction of sp³-hybridized carbons (Fsp3) is 0.360. The zero-order valence-electron chi connectivity index (χ0n) is 18.2. The Labute approximate surface area is 186 Å². The van der Waals surface area contributed by atoms with Crippen molar-refractivity contribution < 1.29 is 0 Å². The SMILES string of the molecule is C[C@H]1N2C=CN1C1CCC1N1C=CN3c4cccc5c4P(c4c2cccc4[Si]5(C)C)[C@H]31. The Kier molecular flexibility index (Phi) is 3.01. The zero-order chi connectivity index (χ0) is 20.6. The lowest BCUT2D eigenvalue weighted by Gasteiger charge is -2.53. The van der Waals surface area contributed by atoms with E-state index in [1.54, 1.807) is 21.0 Å². The molecule has 2 bridgehead atoms. The maximum absolute atomic E-state index is 2.76. The van der Waals surface area contributed by atoms with Gasteiger partial charge in [0.2, 0.25) is 0 Å². The molecule has 0 N–H and O–H groups in total. The van der Waals surface area contributed by atoms with E-state index in [1.165, 1.54) is 24.2 Å². The average molecular weight is 443 g/mol. The Morgan fingerprint density at radius 1 is 0.774 bits per heavy atom. The van der Waals surface area contributed by atoms with Crippen LogP contribution in [0, 0.1) is 0 Å². The minimum atomic E-state index is -1.77. The maximum atomic E-state index is 2.76. The van der Waals surface area contributed by atoms with Crippen LogP contribution in [0.15, 0.2) is 61.2 Å². The van der Waals surface area contributed by atoms with Crippen LogP contribution in [0.2, 0.25) is 13.1 Å². The highest BCUT2D eigenvalue weighted by Gasteiger charge is 2.56. The van der Waals surface area contributed by atoms with E-state index in [1.807, 2.05) is 0 Å². The van der Waals surface area contributed by atoms with Gasteiger partial charge in [0.15, 0.2) is 0 Å². The topological polar surface area (TPSA) is 13.0 Å². The number of rotatable bonds is 0. The van der Waals surface area contributed by atoms with Gasteiger partial charge in [-0.15, -0.1) is 0 Å². The highest BCUT2D eigenvalue weighted by atomic mass is 31.1. The van der Waals surface area contributed by atoms with Gasteiger partial charge in [0, 0.05) is 43.3 Å². The summed E-state index contributed by atoms with van der Waals surface area (Å²) >= 11 is 0. The normalized spacial score (nSPS) is 34.1. The Bertz CT molecular complexity index is 1220. The molecular formula is C25H27N4PSi. The Morgan fingerprint density at radius 2 is 1.35 bits per heavy atom. The van der Waals surface area contributed by atoms with Gasteiger partial charge in [-0.1, -0.05) is 37.4 Å². The van der Waals surface area contributed by atoms with Crippen LogP contribution in [0.25, 0.3) is 0 Å². The predicted octanol–water partition coefficient (Wildman–Crippen LogP) is 2.63. The molecule has 1 aliphatic carbocycles. The minimum absolute atomic E-state index is 0.387. The Morgan fingerprint density at radius 3 is 2.03 bits per heavy atom. The van der Waals surface area contributed by atoms with Crippen molar-refractivity contribution in [1.29, 1.82) is 0 Å². The van der Waals surface area contributed by atoms with E-state index in [9.17, 15) is 0 Å². The third-order valence-electron chi connectivity index (χ3n) is 8.76. The van der Waals surface area contributed by atoms with Gasteiger partial charge in [0.05, 0.1) is 23.5 Å². The molecule has 8 rings (SSSR count). The molecule has 0 saturated heterocycles. The van der Waals surface area contributed by atoms with Crippen LogP contribution in [0.1, 0.15) is 19.8 Å². The quantitative estimate of drug-likeness (QED) is 0.459. The van der Waals surface area contributed by atoms with Crippen LogP contribution in [0.3, 0.4) is 0 Å². The van der Waals surface area contributed by atoms with Crippen molar-refractivity contribution in [2.24, 2.45) is 0 Å². The molecule has 1 fully saturated rings. The van der Waals surface area contributed by atoms with Crippen LogP contribution < -0.4 is 30.8 Å². The van der Waals surface area contributed by atoms with Crippen molar-refractivity contribution in [3.63, 3.8) is 0 Å². The first-order chi connectivity index (χ1) is 15.1. The third-order valence-corrected chi connectivity index (χ3v) is 15.6. The number of hydrogen-bond donors (Lipinski definition) is 0. The number of fused-ring (bicyclic) bond motifs is 7. The highest BCUT2D eigenvalue weighted by Crippen LogP contribution is 2.58. The smallest absolute Gasteiger partial charge is 0.133 e. The zero-order valence-corrected chi connectivity index (χ0v) is 20.1. The van der Waals surface area contributed by atoms with E-state index >= 15 is 0 Å². The molecular weight excluding hydrogens is 415 g/mol. The second-order valence-corrected chi connectivity index (χ2v) is 16.8. The molecule has 5 atom stereocenters. The summed E-state index contributed by atoms with van der Waals surface area (Å²) in [4.78, 5) is 10.6. The lowest BCUT2D eigenvalue weighted by molar-refractivity contribution is 0.0474. The number of anilines is 2. The number of benzene rings is 2.